The Balaban J connectivity index is 2.48. The van der Waals surface area contributed by atoms with Crippen LogP contribution < -0.4 is 5.48 Å². The van der Waals surface area contributed by atoms with E-state index in [0.717, 1.165) is 12.8 Å². The molecule has 92 valence electrons. The first-order chi connectivity index (χ1) is 8.13. The standard InChI is InChI=1S/C14H19NO2/c1-3-7-14(2,15-17)8-5-4-6-12-9-13(10-12)11-16/h3,7,12-13,15-17H,9-11H2,1-2H3/b7-3-. The van der Waals surface area contributed by atoms with Crippen molar-refractivity contribution in [2.24, 2.45) is 11.8 Å². The Morgan fingerprint density at radius 3 is 2.65 bits per heavy atom. The van der Waals surface area contributed by atoms with Gasteiger partial charge in [-0.3, -0.25) is 0 Å². The average molecular weight is 233 g/mol. The van der Waals surface area contributed by atoms with Crippen molar-refractivity contribution in [2.75, 3.05) is 6.61 Å². The minimum absolute atomic E-state index is 0.262. The molecule has 3 N–H and O–H groups in total. The SMILES string of the molecule is C/C=C\C(C)(C#CC#CC1CC(CO)C1)NO. The van der Waals surface area contributed by atoms with Gasteiger partial charge in [0.25, 0.3) is 0 Å². The minimum atomic E-state index is -0.739. The van der Waals surface area contributed by atoms with Gasteiger partial charge in [-0.25, -0.2) is 0 Å². The van der Waals surface area contributed by atoms with Gasteiger partial charge < -0.3 is 10.3 Å². The van der Waals surface area contributed by atoms with E-state index in [2.05, 4.69) is 29.2 Å². The summed E-state index contributed by atoms with van der Waals surface area (Å²) in [5.74, 6) is 12.3. The van der Waals surface area contributed by atoms with E-state index in [-0.39, 0.29) is 6.61 Å². The lowest BCUT2D eigenvalue weighted by atomic mass is 9.76. The lowest BCUT2D eigenvalue weighted by Crippen LogP contribution is -2.36. The van der Waals surface area contributed by atoms with E-state index in [1.807, 2.05) is 13.0 Å². The number of hydrogen-bond acceptors (Lipinski definition) is 3. The highest BCUT2D eigenvalue weighted by Crippen LogP contribution is 2.32. The Labute approximate surface area is 103 Å². The smallest absolute Gasteiger partial charge is 0.119 e. The van der Waals surface area contributed by atoms with Gasteiger partial charge in [0.2, 0.25) is 0 Å². The van der Waals surface area contributed by atoms with Crippen LogP contribution in [0.2, 0.25) is 0 Å². The number of hydrogen-bond donors (Lipinski definition) is 3. The van der Waals surface area contributed by atoms with Crippen LogP contribution in [0.5, 0.6) is 0 Å². The van der Waals surface area contributed by atoms with E-state index in [1.165, 1.54) is 0 Å². The monoisotopic (exact) mass is 233 g/mol. The molecule has 3 nitrogen and oxygen atoms in total. The Bertz CT molecular complexity index is 388. The number of aliphatic hydroxyl groups excluding tert-OH is 1. The first-order valence-corrected chi connectivity index (χ1v) is 5.82. The summed E-state index contributed by atoms with van der Waals surface area (Å²) >= 11 is 0. The van der Waals surface area contributed by atoms with E-state index < -0.39 is 5.54 Å². The second-order valence-electron chi connectivity index (χ2n) is 4.55. The van der Waals surface area contributed by atoms with E-state index in [1.54, 1.807) is 13.0 Å². The highest BCUT2D eigenvalue weighted by atomic mass is 16.5. The van der Waals surface area contributed by atoms with E-state index in [9.17, 15) is 0 Å². The van der Waals surface area contributed by atoms with Crippen LogP contribution in [0.25, 0.3) is 0 Å². The summed E-state index contributed by atoms with van der Waals surface area (Å²) < 4.78 is 0. The average Bonchev–Trinajstić information content (AvgIpc) is 2.27. The number of hydroxylamine groups is 1. The summed E-state index contributed by atoms with van der Waals surface area (Å²) in [4.78, 5) is 0. The second-order valence-corrected chi connectivity index (χ2v) is 4.55. The number of aliphatic hydroxyl groups is 1. The van der Waals surface area contributed by atoms with Gasteiger partial charge in [-0.1, -0.05) is 24.0 Å². The first kappa shape index (κ1) is 13.8. The Morgan fingerprint density at radius 2 is 2.12 bits per heavy atom. The molecule has 1 atom stereocenters. The van der Waals surface area contributed by atoms with Gasteiger partial charge in [-0.15, -0.1) is 0 Å². The molecule has 0 radical (unpaired) electrons. The van der Waals surface area contributed by atoms with Crippen molar-refractivity contribution in [1.82, 2.24) is 5.48 Å². The van der Waals surface area contributed by atoms with Crippen molar-refractivity contribution in [3.63, 3.8) is 0 Å². The Morgan fingerprint density at radius 1 is 1.41 bits per heavy atom. The molecule has 1 rings (SSSR count). The predicted molar refractivity (Wildman–Crippen MR) is 67.0 cm³/mol. The molecule has 17 heavy (non-hydrogen) atoms. The molecule has 0 aromatic carbocycles. The molecule has 0 bridgehead atoms. The Hall–Kier alpha value is -1.26. The predicted octanol–water partition coefficient (Wildman–Crippen LogP) is 1.33. The molecule has 0 aromatic rings. The van der Waals surface area contributed by atoms with Crippen molar-refractivity contribution >= 4 is 0 Å². The molecule has 1 fully saturated rings. The largest absolute Gasteiger partial charge is 0.396 e. The lowest BCUT2D eigenvalue weighted by molar-refractivity contribution is 0.123. The van der Waals surface area contributed by atoms with E-state index in [0.29, 0.717) is 11.8 Å². The van der Waals surface area contributed by atoms with Crippen molar-refractivity contribution in [3.8, 4) is 23.7 Å². The van der Waals surface area contributed by atoms with Crippen LogP contribution in [0.15, 0.2) is 12.2 Å². The number of allylic oxidation sites excluding steroid dienone is 1. The molecule has 1 saturated carbocycles. The molecule has 0 saturated heterocycles. The van der Waals surface area contributed by atoms with Crippen LogP contribution in [0.1, 0.15) is 26.7 Å². The van der Waals surface area contributed by atoms with Crippen LogP contribution in [0.4, 0.5) is 0 Å². The highest BCUT2D eigenvalue weighted by Gasteiger charge is 2.26. The Kier molecular flexibility index (Phi) is 5.25. The summed E-state index contributed by atoms with van der Waals surface area (Å²) in [5.41, 5.74) is 1.41. The molecule has 0 aromatic heterocycles. The molecule has 0 spiro atoms. The zero-order chi connectivity index (χ0) is 12.7. The minimum Gasteiger partial charge on any atom is -0.396 e. The molecule has 0 amide bonds. The number of rotatable bonds is 3. The van der Waals surface area contributed by atoms with Crippen LogP contribution >= 0.6 is 0 Å². The fraction of sp³-hybridized carbons (Fsp3) is 0.571. The maximum atomic E-state index is 8.97. The maximum absolute atomic E-state index is 8.97. The van der Waals surface area contributed by atoms with Crippen molar-refractivity contribution in [2.45, 2.75) is 32.2 Å². The quantitative estimate of drug-likeness (QED) is 0.391. The van der Waals surface area contributed by atoms with Crippen molar-refractivity contribution in [3.05, 3.63) is 12.2 Å². The van der Waals surface area contributed by atoms with Gasteiger partial charge in [0.05, 0.1) is 0 Å². The fourth-order valence-electron chi connectivity index (χ4n) is 1.74. The summed E-state index contributed by atoms with van der Waals surface area (Å²) in [5, 5.41) is 17.8. The molecular weight excluding hydrogens is 214 g/mol. The third kappa shape index (κ3) is 4.24. The van der Waals surface area contributed by atoms with Crippen LogP contribution in [-0.2, 0) is 0 Å². The van der Waals surface area contributed by atoms with Gasteiger partial charge in [-0.2, -0.15) is 5.48 Å². The van der Waals surface area contributed by atoms with Gasteiger partial charge in [0.1, 0.15) is 5.54 Å². The lowest BCUT2D eigenvalue weighted by Gasteiger charge is -2.29. The molecule has 1 aliphatic rings. The normalized spacial score (nSPS) is 26.1. The van der Waals surface area contributed by atoms with Crippen molar-refractivity contribution in [1.29, 1.82) is 0 Å². The second kappa shape index (κ2) is 6.47. The zero-order valence-electron chi connectivity index (χ0n) is 10.3. The molecule has 1 aliphatic carbocycles. The first-order valence-electron chi connectivity index (χ1n) is 5.82. The molecule has 0 heterocycles. The van der Waals surface area contributed by atoms with Gasteiger partial charge in [0.15, 0.2) is 0 Å². The summed E-state index contributed by atoms with van der Waals surface area (Å²) in [6.07, 6.45) is 5.53. The molecule has 3 heteroatoms. The fourth-order valence-corrected chi connectivity index (χ4v) is 1.74. The highest BCUT2D eigenvalue weighted by molar-refractivity contribution is 5.34. The number of nitrogens with one attached hydrogen (secondary N) is 1. The summed E-state index contributed by atoms with van der Waals surface area (Å²) in [7, 11) is 0. The topological polar surface area (TPSA) is 52.5 Å². The van der Waals surface area contributed by atoms with E-state index >= 15 is 0 Å². The van der Waals surface area contributed by atoms with Gasteiger partial charge in [0, 0.05) is 12.5 Å². The third-order valence-corrected chi connectivity index (χ3v) is 2.89. The maximum Gasteiger partial charge on any atom is 0.119 e. The summed E-state index contributed by atoms with van der Waals surface area (Å²) in [6.45, 7) is 3.90. The van der Waals surface area contributed by atoms with Gasteiger partial charge in [-0.05, 0) is 44.4 Å². The van der Waals surface area contributed by atoms with Gasteiger partial charge >= 0.3 is 0 Å². The van der Waals surface area contributed by atoms with Crippen LogP contribution in [0, 0.1) is 35.5 Å². The third-order valence-electron chi connectivity index (χ3n) is 2.89. The van der Waals surface area contributed by atoms with E-state index in [4.69, 9.17) is 10.3 Å². The van der Waals surface area contributed by atoms with Crippen LogP contribution in [-0.4, -0.2) is 22.5 Å². The molecule has 0 aliphatic heterocycles. The van der Waals surface area contributed by atoms with Crippen molar-refractivity contribution < 1.29 is 10.3 Å². The summed E-state index contributed by atoms with van der Waals surface area (Å²) in [6, 6.07) is 0. The molecule has 1 unspecified atom stereocenters. The van der Waals surface area contributed by atoms with Crippen LogP contribution in [0.3, 0.4) is 0 Å². The molecular formula is C14H19NO2. The zero-order valence-corrected chi connectivity index (χ0v) is 10.3.